The lowest BCUT2D eigenvalue weighted by Gasteiger charge is -2.09. The van der Waals surface area contributed by atoms with E-state index in [1.54, 1.807) is 0 Å². The molecular weight excluding hydrogens is 230 g/mol. The third kappa shape index (κ3) is 2.40. The summed E-state index contributed by atoms with van der Waals surface area (Å²) in [5.74, 6) is 0. The van der Waals surface area contributed by atoms with Crippen molar-refractivity contribution in [2.75, 3.05) is 11.9 Å². The summed E-state index contributed by atoms with van der Waals surface area (Å²) in [5.41, 5.74) is 1.30. The van der Waals surface area contributed by atoms with Gasteiger partial charge in [0.15, 0.2) is 0 Å². The minimum atomic E-state index is -0.411. The second-order valence-electron chi connectivity index (χ2n) is 3.93. The van der Waals surface area contributed by atoms with E-state index in [2.05, 4.69) is 17.2 Å². The largest absolute Gasteiger partial charge is 0.379 e. The van der Waals surface area contributed by atoms with Crippen LogP contribution in [0.3, 0.4) is 0 Å². The molecule has 5 nitrogen and oxygen atoms in total. The zero-order chi connectivity index (χ0) is 13.0. The maximum Gasteiger partial charge on any atom is 0.311 e. The summed E-state index contributed by atoms with van der Waals surface area (Å²) in [6.45, 7) is 4.42. The van der Waals surface area contributed by atoms with Crippen molar-refractivity contribution in [2.45, 2.75) is 12.8 Å². The van der Waals surface area contributed by atoms with Gasteiger partial charge in [0, 0.05) is 11.9 Å². The summed E-state index contributed by atoms with van der Waals surface area (Å²) in [4.78, 5) is 14.7. The molecule has 0 aliphatic carbocycles. The molecule has 0 atom stereocenters. The minimum absolute atomic E-state index is 0.0118. The first-order chi connectivity index (χ1) is 8.74. The summed E-state index contributed by atoms with van der Waals surface area (Å²) in [6, 6.07) is 7.38. The summed E-state index contributed by atoms with van der Waals surface area (Å²) in [7, 11) is 0. The van der Waals surface area contributed by atoms with Gasteiger partial charge in [0.25, 0.3) is 0 Å². The van der Waals surface area contributed by atoms with Crippen LogP contribution in [-0.4, -0.2) is 16.5 Å². The topological polar surface area (TPSA) is 68.1 Å². The Hall–Kier alpha value is -2.17. The maximum atomic E-state index is 11.0. The van der Waals surface area contributed by atoms with Crippen LogP contribution in [0.2, 0.25) is 0 Å². The van der Waals surface area contributed by atoms with E-state index in [1.807, 2.05) is 24.3 Å². The number of aromatic nitrogens is 1. The van der Waals surface area contributed by atoms with Crippen LogP contribution in [-0.2, 0) is 0 Å². The summed E-state index contributed by atoms with van der Waals surface area (Å²) >= 11 is 0. The number of nitrogens with one attached hydrogen (secondary N) is 1. The van der Waals surface area contributed by atoms with Crippen molar-refractivity contribution in [3.63, 3.8) is 0 Å². The molecule has 2 rings (SSSR count). The Bertz CT molecular complexity index is 569. The molecule has 1 N–H and O–H groups in total. The molecule has 0 aliphatic rings. The molecular formula is C13H14N3O2. The van der Waals surface area contributed by atoms with Gasteiger partial charge in [-0.15, -0.1) is 0 Å². The highest BCUT2D eigenvalue weighted by molar-refractivity contribution is 5.95. The molecule has 0 fully saturated rings. The van der Waals surface area contributed by atoms with Crippen molar-refractivity contribution in [1.82, 2.24) is 4.98 Å². The Morgan fingerprint density at radius 2 is 2.17 bits per heavy atom. The molecule has 18 heavy (non-hydrogen) atoms. The van der Waals surface area contributed by atoms with Crippen molar-refractivity contribution in [3.8, 4) is 0 Å². The fourth-order valence-electron chi connectivity index (χ4n) is 1.79. The van der Waals surface area contributed by atoms with Gasteiger partial charge in [-0.1, -0.05) is 31.5 Å². The summed E-state index contributed by atoms with van der Waals surface area (Å²) in [5, 5.41) is 14.9. The predicted octanol–water partition coefficient (Wildman–Crippen LogP) is 3.17. The molecule has 0 spiro atoms. The van der Waals surface area contributed by atoms with Gasteiger partial charge < -0.3 is 5.32 Å². The van der Waals surface area contributed by atoms with Crippen LogP contribution in [0.15, 0.2) is 30.5 Å². The standard InChI is InChI=1S/C13H14N3O2/c1-2-3-8-14-13-10-6-4-5-7-11(10)15-9-12(13)16(17)18/h4-7,9H,1-3,8H2,(H,14,15). The SMILES string of the molecule is [CH2]CCCNc1c([N+](=O)[O-])cnc2ccccc12. The van der Waals surface area contributed by atoms with Crippen LogP contribution >= 0.6 is 0 Å². The van der Waals surface area contributed by atoms with Crippen LogP contribution in [0.1, 0.15) is 12.8 Å². The van der Waals surface area contributed by atoms with Crippen LogP contribution in [0, 0.1) is 17.0 Å². The number of fused-ring (bicyclic) bond motifs is 1. The molecule has 0 saturated carbocycles. The predicted molar refractivity (Wildman–Crippen MR) is 71.5 cm³/mol. The zero-order valence-electron chi connectivity index (χ0n) is 9.93. The number of nitrogens with zero attached hydrogens (tertiary/aromatic N) is 2. The molecule has 0 aliphatic heterocycles. The minimum Gasteiger partial charge on any atom is -0.379 e. The highest BCUT2D eigenvalue weighted by atomic mass is 16.6. The molecule has 93 valence electrons. The van der Waals surface area contributed by atoms with E-state index < -0.39 is 4.92 Å². The molecule has 0 bridgehead atoms. The third-order valence-corrected chi connectivity index (χ3v) is 2.68. The smallest absolute Gasteiger partial charge is 0.311 e. The van der Waals surface area contributed by atoms with E-state index in [0.29, 0.717) is 12.2 Å². The van der Waals surface area contributed by atoms with Gasteiger partial charge in [-0.2, -0.15) is 0 Å². The number of pyridine rings is 1. The monoisotopic (exact) mass is 244 g/mol. The fraction of sp³-hybridized carbons (Fsp3) is 0.231. The van der Waals surface area contributed by atoms with Gasteiger partial charge >= 0.3 is 5.69 Å². The lowest BCUT2D eigenvalue weighted by atomic mass is 10.1. The molecule has 0 unspecified atom stereocenters. The number of rotatable bonds is 5. The van der Waals surface area contributed by atoms with E-state index >= 15 is 0 Å². The van der Waals surface area contributed by atoms with Crippen LogP contribution in [0.25, 0.3) is 10.9 Å². The van der Waals surface area contributed by atoms with E-state index in [4.69, 9.17) is 0 Å². The lowest BCUT2D eigenvalue weighted by molar-refractivity contribution is -0.384. The Kier molecular flexibility index (Phi) is 3.72. The molecule has 5 heteroatoms. The molecule has 1 aromatic carbocycles. The van der Waals surface area contributed by atoms with E-state index in [9.17, 15) is 10.1 Å². The second kappa shape index (κ2) is 5.44. The Morgan fingerprint density at radius 3 is 2.89 bits per heavy atom. The molecule has 0 amide bonds. The first-order valence-corrected chi connectivity index (χ1v) is 5.79. The van der Waals surface area contributed by atoms with Gasteiger partial charge in [0.05, 0.1) is 10.4 Å². The Labute approximate surface area is 105 Å². The molecule has 1 heterocycles. The number of unbranched alkanes of at least 4 members (excludes halogenated alkanes) is 1. The van der Waals surface area contributed by atoms with Crippen molar-refractivity contribution in [1.29, 1.82) is 0 Å². The lowest BCUT2D eigenvalue weighted by Crippen LogP contribution is -2.05. The molecule has 1 radical (unpaired) electrons. The number of para-hydroxylation sites is 1. The number of hydrogen-bond donors (Lipinski definition) is 1. The third-order valence-electron chi connectivity index (χ3n) is 2.68. The van der Waals surface area contributed by atoms with E-state index in [0.717, 1.165) is 23.7 Å². The second-order valence-corrected chi connectivity index (χ2v) is 3.93. The molecule has 0 saturated heterocycles. The first-order valence-electron chi connectivity index (χ1n) is 5.79. The summed E-state index contributed by atoms with van der Waals surface area (Å²) < 4.78 is 0. The number of hydrogen-bond acceptors (Lipinski definition) is 4. The average Bonchev–Trinajstić information content (AvgIpc) is 2.38. The summed E-state index contributed by atoms with van der Waals surface area (Å²) in [6.07, 6.45) is 2.96. The number of nitro groups is 1. The van der Waals surface area contributed by atoms with Crippen LogP contribution < -0.4 is 5.32 Å². The molecule has 1 aromatic heterocycles. The van der Waals surface area contributed by atoms with Gasteiger partial charge in [-0.3, -0.25) is 10.1 Å². The Morgan fingerprint density at radius 1 is 1.39 bits per heavy atom. The van der Waals surface area contributed by atoms with Crippen molar-refractivity contribution >= 4 is 22.3 Å². The maximum absolute atomic E-state index is 11.0. The van der Waals surface area contributed by atoms with Gasteiger partial charge in [0.1, 0.15) is 11.9 Å². The highest BCUT2D eigenvalue weighted by Gasteiger charge is 2.17. The van der Waals surface area contributed by atoms with Gasteiger partial charge in [-0.25, -0.2) is 4.98 Å². The Balaban J connectivity index is 2.48. The highest BCUT2D eigenvalue weighted by Crippen LogP contribution is 2.31. The van der Waals surface area contributed by atoms with Gasteiger partial charge in [-0.05, 0) is 12.5 Å². The van der Waals surface area contributed by atoms with Gasteiger partial charge in [0.2, 0.25) is 0 Å². The van der Waals surface area contributed by atoms with Crippen LogP contribution in [0.5, 0.6) is 0 Å². The number of anilines is 1. The quantitative estimate of drug-likeness (QED) is 0.498. The van der Waals surface area contributed by atoms with E-state index in [1.165, 1.54) is 6.20 Å². The average molecular weight is 244 g/mol. The van der Waals surface area contributed by atoms with Crippen LogP contribution in [0.4, 0.5) is 11.4 Å². The first kappa shape index (κ1) is 12.3. The van der Waals surface area contributed by atoms with Crippen molar-refractivity contribution in [3.05, 3.63) is 47.5 Å². The number of benzene rings is 1. The fourth-order valence-corrected chi connectivity index (χ4v) is 1.79. The van der Waals surface area contributed by atoms with E-state index in [-0.39, 0.29) is 5.69 Å². The van der Waals surface area contributed by atoms with Crippen molar-refractivity contribution < 1.29 is 4.92 Å². The zero-order valence-corrected chi connectivity index (χ0v) is 9.93. The molecule has 2 aromatic rings. The normalized spacial score (nSPS) is 10.5. The van der Waals surface area contributed by atoms with Crippen molar-refractivity contribution in [2.24, 2.45) is 0 Å².